The Morgan fingerprint density at radius 3 is 0.673 bits per heavy atom. The van der Waals surface area contributed by atoms with Crippen molar-refractivity contribution in [2.24, 2.45) is 68.8 Å². The van der Waals surface area contributed by atoms with Crippen LogP contribution in [0.15, 0.2) is 0 Å². The number of hydrogen-bond donors (Lipinski definition) is 50. The van der Waals surface area contributed by atoms with Gasteiger partial charge in [-0.15, -0.1) is 0 Å². The van der Waals surface area contributed by atoms with Crippen LogP contribution in [-0.4, -0.2) is 625 Å². The molecule has 147 heavy (non-hydrogen) atoms. The monoisotopic (exact) mass is 2170 g/mol. The van der Waals surface area contributed by atoms with E-state index in [-0.39, 0.29) is 58.9 Å². The highest BCUT2D eigenvalue weighted by Crippen LogP contribution is 2.32. The van der Waals surface area contributed by atoms with E-state index >= 15 is 0 Å². The average Bonchev–Trinajstić information content (AvgIpc) is 0.795. The molecule has 0 aromatic rings. The summed E-state index contributed by atoms with van der Waals surface area (Å²) < 4.78 is 61.1. The Morgan fingerprint density at radius 2 is 0.442 bits per heavy atom. The van der Waals surface area contributed by atoms with Gasteiger partial charge in [-0.25, -0.2) is 0 Å². The highest BCUT2D eigenvalue weighted by molar-refractivity contribution is 5.01. The first-order valence-electron chi connectivity index (χ1n) is 48.4. The number of hydrogen-bond acceptors (Lipinski definition) is 62. The third kappa shape index (κ3) is 40.8. The summed E-state index contributed by atoms with van der Waals surface area (Å²) in [7, 11) is 0. The molecule has 61 atom stereocenters. The number of aliphatic hydroxyl groups excluding tert-OH is 37. The molecule has 12 saturated heterocycles. The largest absolute Gasteiger partial charge is 0.394 e. The molecule has 0 bridgehead atoms. The van der Waals surface area contributed by atoms with Crippen molar-refractivity contribution in [1.29, 1.82) is 0 Å². The molecule has 0 saturated carbocycles. The third-order valence-electron chi connectivity index (χ3n) is 26.5. The average molecular weight is 2170 g/mol. The predicted octanol–water partition coefficient (Wildman–Crippen LogP) is -26.5. The minimum atomic E-state index is -1.61. The van der Waals surface area contributed by atoms with E-state index in [1.54, 1.807) is 62.3 Å². The Balaban J connectivity index is 0.000000803. The molecule has 882 valence electrons. The minimum Gasteiger partial charge on any atom is -0.394 e. The first-order chi connectivity index (χ1) is 68.1. The van der Waals surface area contributed by atoms with Crippen LogP contribution in [0.25, 0.3) is 0 Å². The van der Waals surface area contributed by atoms with Crippen molar-refractivity contribution < 1.29 is 251 Å². The van der Waals surface area contributed by atoms with Crippen LogP contribution in [0.4, 0.5) is 0 Å². The van der Waals surface area contributed by atoms with Gasteiger partial charge in [-0.1, -0.05) is 13.8 Å². The van der Waals surface area contributed by atoms with Crippen molar-refractivity contribution in [3.63, 3.8) is 0 Å². The van der Waals surface area contributed by atoms with Crippen molar-refractivity contribution in [1.82, 2.24) is 0 Å². The second-order valence-electron chi connectivity index (χ2n) is 38.0. The summed E-state index contributed by atoms with van der Waals surface area (Å²) in [5, 5.41) is 352. The molecule has 0 spiro atoms. The topological polar surface area (TPSA) is 1190 Å². The van der Waals surface area contributed by atoms with Gasteiger partial charge in [0.05, 0.1) is 172 Å². The molecule has 12 heterocycles. The van der Waals surface area contributed by atoms with Crippen molar-refractivity contribution in [3.8, 4) is 0 Å². The van der Waals surface area contributed by atoms with Gasteiger partial charge in [0.15, 0.2) is 18.4 Å². The number of nitrogens with two attached hydrogens (primary N) is 12. The van der Waals surface area contributed by atoms with E-state index in [0.29, 0.717) is 12.8 Å². The molecule has 12 aliphatic heterocycles. The molecule has 7 unspecified atom stereocenters. The Hall–Kier alpha value is -2.48. The Kier molecular flexibility index (Phi) is 65.6. The Bertz CT molecular complexity index is 2900. The summed E-state index contributed by atoms with van der Waals surface area (Å²) in [6.45, 7) is 19.2. The highest BCUT2D eigenvalue weighted by Gasteiger charge is 2.52. The molecule has 12 rings (SSSR count). The van der Waals surface area contributed by atoms with Crippen LogP contribution < -0.4 is 68.8 Å². The molecular formula is C85H182N12O50. The van der Waals surface area contributed by atoms with Crippen molar-refractivity contribution in [2.45, 2.75) is 475 Å². The molecule has 12 aliphatic rings. The fourth-order valence-corrected chi connectivity index (χ4v) is 16.1. The van der Waals surface area contributed by atoms with Crippen LogP contribution in [0.5, 0.6) is 0 Å². The van der Waals surface area contributed by atoms with Crippen molar-refractivity contribution in [3.05, 3.63) is 0 Å². The maximum atomic E-state index is 9.64. The SMILES string of the molecule is CCC1O[C@H](CN)[C@@H](O)[C@H](O)[C@@H]1O.CC[C@@H]1O[C@H](N)[C@@H](O)[C@H](O)[C@H]1O.C[C@@H]1O[C@H](CO)C(N)[C@H](O)[C@H]1O.C[C@@H]1O[C@H](CO)[C@@H](N)[C@H](O)[C@H]1O.C[C@H]1OC(CN)[C@H](O)[C@@H](O)[C@@H]1O.C[C@H]1OC(CN)[C@H](O)[C@@H](O)[C@@H]1O.C[C@H]1OC(O)[C@H](N)[C@@H](O)[C@@H]1O.C[C@H]1OC(O)[C@H](N)[C@@H](O)[C@H]1O.C[C@H]1O[C@@H](CN)[C@H](O)[C@@H](O)[C@@H]1O.C[C@H]1O[C@@H](CN)[C@H](O)[C@@H](O)[C@H]1O.C[C@H]1O[C@H](CN)[C@H](O)C(O)[C@@H]1O.C[C@]1(O)C[C@H](O)[C@@H](N)[C@H]([C@H](O)[C@H](O)CO)O1. The molecule has 0 aromatic carbocycles. The van der Waals surface area contributed by atoms with Crippen LogP contribution >= 0.6 is 0 Å². The van der Waals surface area contributed by atoms with Gasteiger partial charge in [0, 0.05) is 45.7 Å². The molecule has 12 fully saturated rings. The standard InChI is InChI=1S/C9H19NO6.C8H17NO4.8C7H15NO4.2C6H13NO4/c1-9(15)2-4(12)6(10)8(16-9)7(14)5(13)3-11;1-2-4-6(10)8(12)7(11)5(3-9)13-4;2*1-3-6(10)7(11)5(8)4(2-9)12-3;5*1-3-5(9)7(11)6(10)4(2-8)12-3;1-2-3-4(9)5(10)6(11)7(8)12-3;2*1-2-4(8)5(9)3(7)6(10)11-2/h4-8,11-15H,2-3,10H2,1H3;4-8,10-12H,2-3,9H2,1H3;8*3-7,9-11H,2,8H2,1H3;2*2-6,8-10H,7H2,1H3/t4-,5+,6+,7+,8+,9+;4?,5-,6-,7-,8-;3-,4+,5?,6-,7-;3-,4+,5+,6-,7-;2*3-,4?,5-,6+,7+;3-,4+,5+,6+,7+;3-,4+,5-,6+,7+;3-,4-,5-,6+,7?;3-,4-,5+,6-,7-;2-,3-,4+,5-,6?;2-,3-,4-,5-,6?/m010011111011/s1. The van der Waals surface area contributed by atoms with E-state index in [2.05, 4.69) is 0 Å². The quantitative estimate of drug-likeness (QED) is 0.0814. The van der Waals surface area contributed by atoms with Gasteiger partial charge in [0.1, 0.15) is 202 Å². The van der Waals surface area contributed by atoms with Crippen molar-refractivity contribution in [2.75, 3.05) is 59.1 Å². The van der Waals surface area contributed by atoms with Crippen LogP contribution in [0.3, 0.4) is 0 Å². The van der Waals surface area contributed by atoms with Crippen LogP contribution in [0, 0.1) is 0 Å². The normalized spacial score (nSPS) is 48.9. The third-order valence-corrected chi connectivity index (χ3v) is 26.5. The van der Waals surface area contributed by atoms with E-state index in [1.165, 1.54) is 6.92 Å². The van der Waals surface area contributed by atoms with Gasteiger partial charge < -0.3 is 320 Å². The molecule has 0 radical (unpaired) electrons. The molecule has 0 amide bonds. The van der Waals surface area contributed by atoms with Gasteiger partial charge in [-0.3, -0.25) is 0 Å². The second-order valence-corrected chi connectivity index (χ2v) is 38.0. The lowest BCUT2D eigenvalue weighted by Crippen LogP contribution is -2.63. The van der Waals surface area contributed by atoms with Gasteiger partial charge in [0.25, 0.3) is 0 Å². The van der Waals surface area contributed by atoms with Crippen molar-refractivity contribution >= 4 is 0 Å². The summed E-state index contributed by atoms with van der Waals surface area (Å²) in [6, 6.07) is -4.23. The zero-order chi connectivity index (χ0) is 114. The van der Waals surface area contributed by atoms with Crippen LogP contribution in [0.2, 0.25) is 0 Å². The Labute approximate surface area is 850 Å². The molecule has 62 N–H and O–H groups in total. The molecule has 62 heteroatoms. The first kappa shape index (κ1) is 143. The molecule has 62 nitrogen and oxygen atoms in total. The predicted molar refractivity (Wildman–Crippen MR) is 503 cm³/mol. The van der Waals surface area contributed by atoms with Crippen LogP contribution in [-0.2, 0) is 56.8 Å². The molecular weight excluding hydrogens is 1990 g/mol. The van der Waals surface area contributed by atoms with E-state index in [9.17, 15) is 153 Å². The van der Waals surface area contributed by atoms with Gasteiger partial charge in [0.2, 0.25) is 0 Å². The fraction of sp³-hybridized carbons (Fsp3) is 1.00. The number of ether oxygens (including phenoxy) is 12. The Morgan fingerprint density at radius 1 is 0.245 bits per heavy atom. The lowest BCUT2D eigenvalue weighted by Gasteiger charge is -2.43. The van der Waals surface area contributed by atoms with Gasteiger partial charge in [-0.2, -0.15) is 0 Å². The van der Waals surface area contributed by atoms with E-state index in [1.807, 2.05) is 13.8 Å². The van der Waals surface area contributed by atoms with E-state index < -0.39 is 379 Å². The second kappa shape index (κ2) is 67.7. The maximum Gasteiger partial charge on any atom is 0.172 e. The lowest BCUT2D eigenvalue weighted by molar-refractivity contribution is -0.289. The molecule has 0 aromatic heterocycles. The highest BCUT2D eigenvalue weighted by atomic mass is 16.7. The maximum absolute atomic E-state index is 9.64. The summed E-state index contributed by atoms with van der Waals surface area (Å²) in [4.78, 5) is 0. The summed E-state index contributed by atoms with van der Waals surface area (Å²) in [5.74, 6) is -1.61. The minimum absolute atomic E-state index is 0.0768. The molecule has 0 aliphatic carbocycles. The summed E-state index contributed by atoms with van der Waals surface area (Å²) >= 11 is 0. The van der Waals surface area contributed by atoms with E-state index in [0.717, 1.165) is 0 Å². The number of aliphatic hydroxyl groups is 38. The zero-order valence-electron chi connectivity index (χ0n) is 84.4. The summed E-state index contributed by atoms with van der Waals surface area (Å²) in [6.07, 6.45) is -49.0. The van der Waals surface area contributed by atoms with E-state index in [4.69, 9.17) is 166 Å². The van der Waals surface area contributed by atoms with Gasteiger partial charge >= 0.3 is 0 Å². The zero-order valence-corrected chi connectivity index (χ0v) is 84.4. The fourth-order valence-electron chi connectivity index (χ4n) is 16.1. The van der Waals surface area contributed by atoms with Gasteiger partial charge in [-0.05, 0) is 82.1 Å². The van der Waals surface area contributed by atoms with Crippen LogP contribution in [0.1, 0.15) is 102 Å². The first-order valence-corrected chi connectivity index (χ1v) is 48.4. The summed E-state index contributed by atoms with van der Waals surface area (Å²) in [5.41, 5.74) is 64.3. The lowest BCUT2D eigenvalue weighted by atomic mass is 9.90. The smallest absolute Gasteiger partial charge is 0.172 e. The number of rotatable bonds is 13.